The van der Waals surface area contributed by atoms with Crippen LogP contribution in [0.3, 0.4) is 0 Å². The first-order valence-corrected chi connectivity index (χ1v) is 7.91. The number of alkyl halides is 1. The summed E-state index contributed by atoms with van der Waals surface area (Å²) in [5.74, 6) is 1.53. The van der Waals surface area contributed by atoms with Crippen molar-refractivity contribution in [2.24, 2.45) is 0 Å². The Kier molecular flexibility index (Phi) is 7.31. The summed E-state index contributed by atoms with van der Waals surface area (Å²) in [5.41, 5.74) is 3.40. The van der Waals surface area contributed by atoms with Gasteiger partial charge in [-0.2, -0.15) is 0 Å². The fraction of sp³-hybridized carbons (Fsp3) is 0.688. The maximum absolute atomic E-state index is 6.16. The highest BCUT2D eigenvalue weighted by atomic mass is 35.5. The van der Waals surface area contributed by atoms with E-state index in [4.69, 9.17) is 21.3 Å². The largest absolute Gasteiger partial charge is 0.383 e. The van der Waals surface area contributed by atoms with Gasteiger partial charge < -0.3 is 9.64 Å². The molecular weight excluding hydrogens is 272 g/mol. The van der Waals surface area contributed by atoms with Gasteiger partial charge in [0.2, 0.25) is 0 Å². The molecule has 1 aromatic rings. The molecule has 0 fully saturated rings. The fourth-order valence-electron chi connectivity index (χ4n) is 2.63. The number of aromatic nitrogens is 1. The summed E-state index contributed by atoms with van der Waals surface area (Å²) in [6, 6.07) is 2.57. The molecule has 0 unspecified atom stereocenters. The van der Waals surface area contributed by atoms with E-state index in [1.807, 2.05) is 6.92 Å². The van der Waals surface area contributed by atoms with Gasteiger partial charge in [0.1, 0.15) is 5.82 Å². The molecule has 0 aromatic carbocycles. The van der Waals surface area contributed by atoms with Crippen molar-refractivity contribution in [2.45, 2.75) is 52.5 Å². The van der Waals surface area contributed by atoms with Gasteiger partial charge in [-0.15, -0.1) is 11.6 Å². The van der Waals surface area contributed by atoms with Crippen LogP contribution >= 0.6 is 11.6 Å². The highest BCUT2D eigenvalue weighted by molar-refractivity contribution is 6.17. The number of pyridine rings is 1. The molecule has 0 aliphatic heterocycles. The summed E-state index contributed by atoms with van der Waals surface area (Å²) in [7, 11) is 1.74. The zero-order valence-corrected chi connectivity index (χ0v) is 14.1. The molecule has 1 aromatic heterocycles. The minimum Gasteiger partial charge on any atom is -0.383 e. The highest BCUT2D eigenvalue weighted by Crippen LogP contribution is 2.27. The van der Waals surface area contributed by atoms with Gasteiger partial charge in [-0.25, -0.2) is 4.98 Å². The number of nitrogens with zero attached hydrogens (tertiary/aromatic N) is 2. The van der Waals surface area contributed by atoms with Gasteiger partial charge in [0.05, 0.1) is 12.5 Å². The number of methoxy groups -OCH3 is 1. The Labute approximate surface area is 128 Å². The predicted octanol–water partition coefficient (Wildman–Crippen LogP) is 4.08. The van der Waals surface area contributed by atoms with Crippen molar-refractivity contribution < 1.29 is 4.74 Å². The molecule has 0 spiro atoms. The second-order valence-electron chi connectivity index (χ2n) is 5.17. The normalized spacial score (nSPS) is 11.2. The van der Waals surface area contributed by atoms with Crippen molar-refractivity contribution in [2.75, 3.05) is 25.2 Å². The Morgan fingerprint density at radius 3 is 2.45 bits per heavy atom. The number of hydrogen-bond donors (Lipinski definition) is 0. The van der Waals surface area contributed by atoms with E-state index >= 15 is 0 Å². The van der Waals surface area contributed by atoms with E-state index in [2.05, 4.69) is 31.7 Å². The second-order valence-corrected chi connectivity index (χ2v) is 5.44. The average molecular weight is 299 g/mol. The summed E-state index contributed by atoms with van der Waals surface area (Å²) < 4.78 is 5.26. The van der Waals surface area contributed by atoms with Gasteiger partial charge in [-0.05, 0) is 38.3 Å². The molecule has 0 saturated carbocycles. The third-order valence-electron chi connectivity index (χ3n) is 3.78. The third kappa shape index (κ3) is 4.10. The van der Waals surface area contributed by atoms with E-state index in [1.165, 1.54) is 5.56 Å². The van der Waals surface area contributed by atoms with Crippen molar-refractivity contribution in [1.82, 2.24) is 4.98 Å². The molecule has 0 atom stereocenters. The molecule has 0 amide bonds. The lowest BCUT2D eigenvalue weighted by Gasteiger charge is -2.33. The molecule has 4 heteroatoms. The van der Waals surface area contributed by atoms with Gasteiger partial charge in [-0.3, -0.25) is 0 Å². The predicted molar refractivity (Wildman–Crippen MR) is 86.9 cm³/mol. The summed E-state index contributed by atoms with van der Waals surface area (Å²) in [4.78, 5) is 7.12. The van der Waals surface area contributed by atoms with Gasteiger partial charge >= 0.3 is 0 Å². The van der Waals surface area contributed by atoms with Crippen LogP contribution in [0.2, 0.25) is 0 Å². The highest BCUT2D eigenvalue weighted by Gasteiger charge is 2.21. The molecule has 1 heterocycles. The van der Waals surface area contributed by atoms with E-state index in [0.29, 0.717) is 18.5 Å². The molecular formula is C16H27ClN2O. The first kappa shape index (κ1) is 17.3. The molecule has 1 rings (SSSR count). The summed E-state index contributed by atoms with van der Waals surface area (Å²) >= 11 is 6.16. The molecule has 0 aliphatic carbocycles. The van der Waals surface area contributed by atoms with Crippen LogP contribution in [0.5, 0.6) is 0 Å². The number of halogens is 1. The van der Waals surface area contributed by atoms with E-state index < -0.39 is 0 Å². The Balaban J connectivity index is 3.24. The number of aryl methyl sites for hydroxylation is 2. The number of hydrogen-bond acceptors (Lipinski definition) is 3. The first-order chi connectivity index (χ1) is 9.58. The van der Waals surface area contributed by atoms with E-state index in [9.17, 15) is 0 Å². The molecule has 114 valence electrons. The van der Waals surface area contributed by atoms with Crippen molar-refractivity contribution >= 4 is 17.4 Å². The summed E-state index contributed by atoms with van der Waals surface area (Å²) in [6.07, 6.45) is 2.19. The first-order valence-electron chi connectivity index (χ1n) is 7.37. The fourth-order valence-corrected chi connectivity index (χ4v) is 2.96. The molecule has 0 radical (unpaired) electrons. The van der Waals surface area contributed by atoms with Crippen LogP contribution in [0.15, 0.2) is 6.07 Å². The van der Waals surface area contributed by atoms with Gasteiger partial charge in [0.15, 0.2) is 0 Å². The SMILES string of the molecule is CCC(CC)N(CCOC)c1nc(C)cc(C)c1CCl. The third-order valence-corrected chi connectivity index (χ3v) is 4.05. The van der Waals surface area contributed by atoms with Crippen LogP contribution in [0, 0.1) is 13.8 Å². The van der Waals surface area contributed by atoms with E-state index in [1.54, 1.807) is 7.11 Å². The topological polar surface area (TPSA) is 25.4 Å². The lowest BCUT2D eigenvalue weighted by molar-refractivity contribution is 0.202. The van der Waals surface area contributed by atoms with Crippen molar-refractivity contribution in [3.05, 3.63) is 22.9 Å². The Bertz CT molecular complexity index is 419. The van der Waals surface area contributed by atoms with Crippen LogP contribution in [-0.4, -0.2) is 31.3 Å². The zero-order valence-electron chi connectivity index (χ0n) is 13.4. The summed E-state index contributed by atoms with van der Waals surface area (Å²) in [5, 5.41) is 0. The maximum atomic E-state index is 6.16. The quantitative estimate of drug-likeness (QED) is 0.676. The van der Waals surface area contributed by atoms with E-state index in [-0.39, 0.29) is 0 Å². The van der Waals surface area contributed by atoms with Crippen LogP contribution < -0.4 is 4.90 Å². The maximum Gasteiger partial charge on any atom is 0.133 e. The standard InChI is InChI=1S/C16H27ClN2O/c1-6-14(7-2)19(8-9-20-5)16-15(11-17)12(3)10-13(4)18-16/h10,14H,6-9,11H2,1-5H3. The molecule has 0 N–H and O–H groups in total. The van der Waals surface area contributed by atoms with Crippen LogP contribution in [-0.2, 0) is 10.6 Å². The lowest BCUT2D eigenvalue weighted by Crippen LogP contribution is -2.38. The molecule has 0 aliphatic rings. The van der Waals surface area contributed by atoms with Gasteiger partial charge in [0, 0.05) is 31.0 Å². The van der Waals surface area contributed by atoms with Gasteiger partial charge in [-0.1, -0.05) is 13.8 Å². The number of ether oxygens (including phenoxy) is 1. The smallest absolute Gasteiger partial charge is 0.133 e. The molecule has 0 bridgehead atoms. The monoisotopic (exact) mass is 298 g/mol. The van der Waals surface area contributed by atoms with Crippen molar-refractivity contribution in [3.63, 3.8) is 0 Å². The Hall–Kier alpha value is -0.800. The Morgan fingerprint density at radius 2 is 1.95 bits per heavy atom. The van der Waals surface area contributed by atoms with Crippen LogP contribution in [0.4, 0.5) is 5.82 Å². The van der Waals surface area contributed by atoms with Crippen LogP contribution in [0.1, 0.15) is 43.5 Å². The molecule has 0 saturated heterocycles. The summed E-state index contributed by atoms with van der Waals surface area (Å²) in [6.45, 7) is 10.1. The number of anilines is 1. The zero-order chi connectivity index (χ0) is 15.1. The second kappa shape index (κ2) is 8.48. The van der Waals surface area contributed by atoms with Crippen LogP contribution in [0.25, 0.3) is 0 Å². The lowest BCUT2D eigenvalue weighted by atomic mass is 10.1. The number of rotatable bonds is 8. The van der Waals surface area contributed by atoms with Gasteiger partial charge in [0.25, 0.3) is 0 Å². The van der Waals surface area contributed by atoms with Crippen molar-refractivity contribution in [1.29, 1.82) is 0 Å². The molecule has 3 nitrogen and oxygen atoms in total. The average Bonchev–Trinajstić information content (AvgIpc) is 2.42. The minimum atomic E-state index is 0.473. The minimum absolute atomic E-state index is 0.473. The van der Waals surface area contributed by atoms with Crippen molar-refractivity contribution in [3.8, 4) is 0 Å². The Morgan fingerprint density at radius 1 is 1.30 bits per heavy atom. The molecule has 20 heavy (non-hydrogen) atoms. The van der Waals surface area contributed by atoms with E-state index in [0.717, 1.165) is 36.5 Å².